The van der Waals surface area contributed by atoms with Crippen LogP contribution < -0.4 is 10.1 Å². The molecule has 2 rings (SSSR count). The molecule has 1 unspecified atom stereocenters. The van der Waals surface area contributed by atoms with Crippen LogP contribution in [-0.4, -0.2) is 67.6 Å². The molecule has 10 heteroatoms. The number of urea groups is 1. The van der Waals surface area contributed by atoms with Crippen molar-refractivity contribution in [3.8, 4) is 5.75 Å². The number of carbonyl (C=O) groups excluding carboxylic acids is 1. The summed E-state index contributed by atoms with van der Waals surface area (Å²) in [7, 11) is 0. The fourth-order valence-corrected chi connectivity index (χ4v) is 3.71. The van der Waals surface area contributed by atoms with Crippen LogP contribution in [0.15, 0.2) is 42.5 Å². The maximum absolute atomic E-state index is 12.9. The molecule has 2 aromatic rings. The van der Waals surface area contributed by atoms with Crippen LogP contribution in [0.1, 0.15) is 32.3 Å². The fourth-order valence-electron chi connectivity index (χ4n) is 3.25. The highest BCUT2D eigenvalue weighted by Crippen LogP contribution is 2.25. The van der Waals surface area contributed by atoms with Gasteiger partial charge in [0, 0.05) is 31.2 Å². The van der Waals surface area contributed by atoms with Gasteiger partial charge in [-0.15, -0.1) is 0 Å². The Morgan fingerprint density at radius 2 is 1.75 bits per heavy atom. The highest BCUT2D eigenvalue weighted by Gasteiger charge is 2.18. The van der Waals surface area contributed by atoms with Crippen LogP contribution in [0, 0.1) is 0 Å². The van der Waals surface area contributed by atoms with Gasteiger partial charge in [0.05, 0.1) is 23.9 Å². The number of carboxylic acid groups (broad SMARTS) is 1. The quantitative estimate of drug-likeness (QED) is 0.263. The van der Waals surface area contributed by atoms with Crippen LogP contribution in [0.4, 0.5) is 10.5 Å². The SMILES string of the molecule is CCCCOCCN(CCOc1ccc(CC(OCC)C(=O)O)cc1)C(=O)Nc1ccc(Cl)cc1Cl. The van der Waals surface area contributed by atoms with Gasteiger partial charge in [0.1, 0.15) is 12.4 Å². The molecule has 2 aromatic carbocycles. The number of ether oxygens (including phenoxy) is 3. The number of hydrogen-bond donors (Lipinski definition) is 2. The highest BCUT2D eigenvalue weighted by atomic mass is 35.5. The molecule has 0 aromatic heterocycles. The average Bonchev–Trinajstić information content (AvgIpc) is 2.85. The molecule has 0 aliphatic carbocycles. The van der Waals surface area contributed by atoms with Gasteiger partial charge < -0.3 is 29.5 Å². The van der Waals surface area contributed by atoms with Crippen molar-refractivity contribution in [2.75, 3.05) is 44.8 Å². The lowest BCUT2D eigenvalue weighted by Gasteiger charge is -2.23. The van der Waals surface area contributed by atoms with Crippen molar-refractivity contribution >= 4 is 40.9 Å². The summed E-state index contributed by atoms with van der Waals surface area (Å²) >= 11 is 12.1. The molecule has 0 spiro atoms. The Balaban J connectivity index is 1.93. The fraction of sp³-hybridized carbons (Fsp3) is 0.462. The number of anilines is 1. The van der Waals surface area contributed by atoms with E-state index >= 15 is 0 Å². The lowest BCUT2D eigenvalue weighted by molar-refractivity contribution is -0.149. The van der Waals surface area contributed by atoms with Crippen LogP contribution in [0.5, 0.6) is 5.75 Å². The molecule has 8 nitrogen and oxygen atoms in total. The number of aliphatic carboxylic acids is 1. The molecule has 0 aliphatic heterocycles. The van der Waals surface area contributed by atoms with Gasteiger partial charge in [0.25, 0.3) is 0 Å². The van der Waals surface area contributed by atoms with Gasteiger partial charge in [-0.25, -0.2) is 9.59 Å². The number of rotatable bonds is 16. The van der Waals surface area contributed by atoms with Crippen LogP contribution in [-0.2, 0) is 20.7 Å². The van der Waals surface area contributed by atoms with E-state index in [1.807, 2.05) is 0 Å². The second-order valence-electron chi connectivity index (χ2n) is 7.99. The second-order valence-corrected chi connectivity index (χ2v) is 8.83. The Kier molecular flexibility index (Phi) is 13.4. The molecule has 0 bridgehead atoms. The van der Waals surface area contributed by atoms with Crippen molar-refractivity contribution < 1.29 is 28.9 Å². The van der Waals surface area contributed by atoms with Crippen molar-refractivity contribution in [1.29, 1.82) is 0 Å². The number of carboxylic acids is 1. The van der Waals surface area contributed by atoms with E-state index < -0.39 is 12.1 Å². The average molecular weight is 541 g/mol. The van der Waals surface area contributed by atoms with E-state index in [9.17, 15) is 14.7 Å². The van der Waals surface area contributed by atoms with Crippen LogP contribution >= 0.6 is 23.2 Å². The highest BCUT2D eigenvalue weighted by molar-refractivity contribution is 6.36. The number of amides is 2. The molecule has 198 valence electrons. The first-order chi connectivity index (χ1) is 17.3. The lowest BCUT2D eigenvalue weighted by Crippen LogP contribution is -2.40. The van der Waals surface area contributed by atoms with Crippen molar-refractivity contribution in [3.05, 3.63) is 58.1 Å². The Morgan fingerprint density at radius 1 is 1.03 bits per heavy atom. The molecule has 0 aliphatic rings. The normalized spacial score (nSPS) is 11.7. The monoisotopic (exact) mass is 540 g/mol. The molecule has 36 heavy (non-hydrogen) atoms. The van der Waals surface area contributed by atoms with Gasteiger partial charge in [-0.3, -0.25) is 0 Å². The van der Waals surface area contributed by atoms with E-state index in [2.05, 4.69) is 12.2 Å². The zero-order valence-corrected chi connectivity index (χ0v) is 22.2. The third-order valence-corrected chi connectivity index (χ3v) is 5.77. The van der Waals surface area contributed by atoms with Crippen LogP contribution in [0.25, 0.3) is 0 Å². The van der Waals surface area contributed by atoms with E-state index in [1.165, 1.54) is 0 Å². The van der Waals surface area contributed by atoms with Gasteiger partial charge in [-0.1, -0.05) is 48.7 Å². The largest absolute Gasteiger partial charge is 0.492 e. The van der Waals surface area contributed by atoms with Gasteiger partial charge in [0.15, 0.2) is 6.10 Å². The molecular formula is C26H34Cl2N2O6. The molecule has 0 heterocycles. The first-order valence-corrected chi connectivity index (χ1v) is 12.7. The van der Waals surface area contributed by atoms with E-state index in [4.69, 9.17) is 37.4 Å². The number of halogens is 2. The van der Waals surface area contributed by atoms with E-state index in [0.29, 0.717) is 54.4 Å². The number of carbonyl (C=O) groups is 2. The van der Waals surface area contributed by atoms with Gasteiger partial charge >= 0.3 is 12.0 Å². The Bertz CT molecular complexity index is 958. The lowest BCUT2D eigenvalue weighted by atomic mass is 10.1. The third kappa shape index (κ3) is 10.6. The van der Waals surface area contributed by atoms with E-state index in [0.717, 1.165) is 18.4 Å². The summed E-state index contributed by atoms with van der Waals surface area (Å²) in [5.41, 5.74) is 1.29. The molecule has 0 radical (unpaired) electrons. The Hall–Kier alpha value is -2.52. The number of benzene rings is 2. The van der Waals surface area contributed by atoms with Crippen LogP contribution in [0.2, 0.25) is 10.0 Å². The minimum atomic E-state index is -0.992. The Labute approximate surface area is 222 Å². The van der Waals surface area contributed by atoms with Crippen molar-refractivity contribution in [1.82, 2.24) is 4.90 Å². The van der Waals surface area contributed by atoms with Crippen LogP contribution in [0.3, 0.4) is 0 Å². The van der Waals surface area contributed by atoms with E-state index in [-0.39, 0.29) is 19.1 Å². The minimum Gasteiger partial charge on any atom is -0.492 e. The third-order valence-electron chi connectivity index (χ3n) is 5.23. The molecule has 0 saturated carbocycles. The predicted molar refractivity (Wildman–Crippen MR) is 141 cm³/mol. The molecule has 2 N–H and O–H groups in total. The standard InChI is InChI=1S/C26H34Cl2N2O6/c1-3-5-14-34-15-12-30(26(33)29-23-11-8-20(27)18-22(23)28)13-16-36-21-9-6-19(7-10-21)17-24(25(31)32)35-4-2/h6-11,18,24H,3-5,12-17H2,1-2H3,(H,29,33)(H,31,32). The Morgan fingerprint density at radius 3 is 2.39 bits per heavy atom. The van der Waals surface area contributed by atoms with Crippen molar-refractivity contribution in [2.45, 2.75) is 39.2 Å². The maximum Gasteiger partial charge on any atom is 0.333 e. The summed E-state index contributed by atoms with van der Waals surface area (Å²) in [4.78, 5) is 25.8. The summed E-state index contributed by atoms with van der Waals surface area (Å²) in [6.45, 7) is 6.19. The molecule has 2 amide bonds. The first-order valence-electron chi connectivity index (χ1n) is 12.0. The summed E-state index contributed by atoms with van der Waals surface area (Å²) in [6, 6.07) is 11.7. The second kappa shape index (κ2) is 16.3. The van der Waals surface area contributed by atoms with Gasteiger partial charge in [0.2, 0.25) is 0 Å². The minimum absolute atomic E-state index is 0.257. The summed E-state index contributed by atoms with van der Waals surface area (Å²) in [5.74, 6) is -0.378. The number of nitrogens with one attached hydrogen (secondary N) is 1. The molecule has 0 fully saturated rings. The predicted octanol–water partition coefficient (Wildman–Crippen LogP) is 5.76. The van der Waals surface area contributed by atoms with Crippen molar-refractivity contribution in [2.24, 2.45) is 0 Å². The summed E-state index contributed by atoms with van der Waals surface area (Å²) < 4.78 is 16.7. The van der Waals surface area contributed by atoms with Gasteiger partial charge in [-0.2, -0.15) is 0 Å². The van der Waals surface area contributed by atoms with Gasteiger partial charge in [-0.05, 0) is 49.2 Å². The number of unbranched alkanes of at least 4 members (excludes halogenated alkanes) is 1. The van der Waals surface area contributed by atoms with Crippen molar-refractivity contribution in [3.63, 3.8) is 0 Å². The van der Waals surface area contributed by atoms with E-state index in [1.54, 1.807) is 54.3 Å². The zero-order valence-electron chi connectivity index (χ0n) is 20.7. The molecule has 1 atom stereocenters. The molecular weight excluding hydrogens is 507 g/mol. The summed E-state index contributed by atoms with van der Waals surface area (Å²) in [6.07, 6.45) is 1.38. The molecule has 0 saturated heterocycles. The zero-order chi connectivity index (χ0) is 26.3. The smallest absolute Gasteiger partial charge is 0.333 e. The maximum atomic E-state index is 12.9. The topological polar surface area (TPSA) is 97.3 Å². The number of nitrogens with zero attached hydrogens (tertiary/aromatic N) is 1. The number of hydrogen-bond acceptors (Lipinski definition) is 5. The first kappa shape index (κ1) is 29.7. The summed E-state index contributed by atoms with van der Waals surface area (Å²) in [5, 5.41) is 12.9.